The van der Waals surface area contributed by atoms with E-state index >= 15 is 0 Å². The van der Waals surface area contributed by atoms with Gasteiger partial charge in [-0.05, 0) is 25.3 Å². The monoisotopic (exact) mass is 313 g/mol. The molecule has 0 amide bonds. The highest BCUT2D eigenvalue weighted by Crippen LogP contribution is 2.20. The molecule has 0 bridgehead atoms. The second kappa shape index (κ2) is 7.63. The van der Waals surface area contributed by atoms with Crippen molar-refractivity contribution < 1.29 is 17.2 Å². The van der Waals surface area contributed by atoms with Gasteiger partial charge in [0.2, 0.25) is 0 Å². The van der Waals surface area contributed by atoms with E-state index in [1.54, 1.807) is 0 Å². The summed E-state index contributed by atoms with van der Waals surface area (Å²) < 4.78 is 50.8. The first-order chi connectivity index (χ1) is 9.23. The molecule has 1 aliphatic heterocycles. The summed E-state index contributed by atoms with van der Waals surface area (Å²) in [4.78, 5) is 0. The van der Waals surface area contributed by atoms with Crippen molar-refractivity contribution >= 4 is 10.2 Å². The third-order valence-electron chi connectivity index (χ3n) is 3.50. The predicted molar refractivity (Wildman–Crippen MR) is 75.0 cm³/mol. The minimum Gasteiger partial charge on any atom is -0.314 e. The lowest BCUT2D eigenvalue weighted by Crippen LogP contribution is -2.48. The highest BCUT2D eigenvalue weighted by atomic mass is 32.2. The number of hydrogen-bond acceptors (Lipinski definition) is 3. The Bertz CT molecular complexity index is 382. The van der Waals surface area contributed by atoms with E-state index < -0.39 is 23.2 Å². The molecule has 0 unspecified atom stereocenters. The maximum atomic E-state index is 12.3. The van der Waals surface area contributed by atoms with E-state index in [9.17, 15) is 17.2 Å². The van der Waals surface area contributed by atoms with Gasteiger partial charge < -0.3 is 5.32 Å². The van der Waals surface area contributed by atoms with Crippen LogP contribution in [-0.4, -0.2) is 62.7 Å². The van der Waals surface area contributed by atoms with E-state index in [1.807, 2.05) is 0 Å². The lowest BCUT2D eigenvalue weighted by molar-refractivity contribution is 0.123. The van der Waals surface area contributed by atoms with E-state index in [0.29, 0.717) is 25.0 Å². The average Bonchev–Trinajstić information content (AvgIpc) is 2.36. The molecule has 1 aliphatic rings. The number of hydrogen-bond donors (Lipinski definition) is 1. The van der Waals surface area contributed by atoms with Crippen LogP contribution in [0.5, 0.6) is 0 Å². The van der Waals surface area contributed by atoms with Gasteiger partial charge in [-0.3, -0.25) is 0 Å². The smallest absolute Gasteiger partial charge is 0.281 e. The SMILES string of the molecule is CC(C)NCC1CCN(S(=O)(=O)N(C)CC(F)F)CC1. The fourth-order valence-electron chi connectivity index (χ4n) is 2.23. The van der Waals surface area contributed by atoms with Crippen LogP contribution in [-0.2, 0) is 10.2 Å². The van der Waals surface area contributed by atoms with Gasteiger partial charge >= 0.3 is 0 Å². The van der Waals surface area contributed by atoms with Crippen LogP contribution in [0, 0.1) is 5.92 Å². The van der Waals surface area contributed by atoms with Crippen molar-refractivity contribution in [2.24, 2.45) is 5.92 Å². The molecule has 0 atom stereocenters. The quantitative estimate of drug-likeness (QED) is 0.767. The summed E-state index contributed by atoms with van der Waals surface area (Å²) in [6.45, 7) is 5.06. The van der Waals surface area contributed by atoms with E-state index in [4.69, 9.17) is 0 Å². The highest BCUT2D eigenvalue weighted by Gasteiger charge is 2.32. The molecule has 5 nitrogen and oxygen atoms in total. The van der Waals surface area contributed by atoms with Gasteiger partial charge in [0.15, 0.2) is 0 Å². The number of piperidine rings is 1. The lowest BCUT2D eigenvalue weighted by atomic mass is 9.98. The molecule has 0 aromatic carbocycles. The van der Waals surface area contributed by atoms with Crippen LogP contribution >= 0.6 is 0 Å². The van der Waals surface area contributed by atoms with Crippen molar-refractivity contribution in [2.75, 3.05) is 33.2 Å². The molecule has 1 N–H and O–H groups in total. The van der Waals surface area contributed by atoms with Crippen molar-refractivity contribution in [1.82, 2.24) is 13.9 Å². The van der Waals surface area contributed by atoms with Crippen molar-refractivity contribution in [1.29, 1.82) is 0 Å². The van der Waals surface area contributed by atoms with E-state index in [0.717, 1.165) is 23.7 Å². The number of halogens is 2. The molecule has 1 saturated heterocycles. The van der Waals surface area contributed by atoms with Crippen LogP contribution in [0.25, 0.3) is 0 Å². The zero-order valence-electron chi connectivity index (χ0n) is 12.3. The van der Waals surface area contributed by atoms with Gasteiger partial charge in [-0.25, -0.2) is 8.78 Å². The molecule has 20 heavy (non-hydrogen) atoms. The standard InChI is InChI=1S/C12H25F2N3O2S/c1-10(2)15-8-11-4-6-17(7-5-11)20(18,19)16(3)9-12(13)14/h10-12,15H,4-9H2,1-3H3. The van der Waals surface area contributed by atoms with Crippen LogP contribution in [0.15, 0.2) is 0 Å². The molecule has 1 rings (SSSR count). The first-order valence-electron chi connectivity index (χ1n) is 6.96. The van der Waals surface area contributed by atoms with Crippen LogP contribution in [0.3, 0.4) is 0 Å². The molecule has 1 heterocycles. The maximum absolute atomic E-state index is 12.3. The molecule has 0 aromatic rings. The fraction of sp³-hybridized carbons (Fsp3) is 1.00. The molecule has 0 spiro atoms. The normalized spacial score (nSPS) is 19.4. The minimum atomic E-state index is -3.75. The predicted octanol–water partition coefficient (Wildman–Crippen LogP) is 1.14. The molecule has 8 heteroatoms. The zero-order chi connectivity index (χ0) is 15.3. The molecule has 120 valence electrons. The van der Waals surface area contributed by atoms with Crippen LogP contribution < -0.4 is 5.32 Å². The van der Waals surface area contributed by atoms with Crippen molar-refractivity contribution in [3.63, 3.8) is 0 Å². The Morgan fingerprint density at radius 3 is 2.30 bits per heavy atom. The highest BCUT2D eigenvalue weighted by molar-refractivity contribution is 7.86. The fourth-order valence-corrected chi connectivity index (χ4v) is 3.60. The first-order valence-corrected chi connectivity index (χ1v) is 8.36. The Balaban J connectivity index is 2.47. The van der Waals surface area contributed by atoms with Crippen LogP contribution in [0.4, 0.5) is 8.78 Å². The van der Waals surface area contributed by atoms with Crippen molar-refractivity contribution in [3.05, 3.63) is 0 Å². The van der Waals surface area contributed by atoms with Gasteiger partial charge in [-0.2, -0.15) is 17.0 Å². The van der Waals surface area contributed by atoms with Crippen molar-refractivity contribution in [2.45, 2.75) is 39.2 Å². The first kappa shape index (κ1) is 17.7. The van der Waals surface area contributed by atoms with Gasteiger partial charge in [0.25, 0.3) is 16.6 Å². The average molecular weight is 313 g/mol. The van der Waals surface area contributed by atoms with Crippen molar-refractivity contribution in [3.8, 4) is 0 Å². The Morgan fingerprint density at radius 2 is 1.85 bits per heavy atom. The number of nitrogens with zero attached hydrogens (tertiary/aromatic N) is 2. The summed E-state index contributed by atoms with van der Waals surface area (Å²) in [5, 5.41) is 3.34. The maximum Gasteiger partial charge on any atom is 0.281 e. The Kier molecular flexibility index (Phi) is 6.77. The summed E-state index contributed by atoms with van der Waals surface area (Å²) >= 11 is 0. The number of rotatable bonds is 7. The summed E-state index contributed by atoms with van der Waals surface area (Å²) in [5.41, 5.74) is 0. The molecular weight excluding hydrogens is 288 g/mol. The second-order valence-corrected chi connectivity index (χ2v) is 7.62. The van der Waals surface area contributed by atoms with Gasteiger partial charge in [0.05, 0.1) is 6.54 Å². The molecule has 0 radical (unpaired) electrons. The summed E-state index contributed by atoms with van der Waals surface area (Å²) in [5.74, 6) is 0.448. The van der Waals surface area contributed by atoms with E-state index in [1.165, 1.54) is 11.4 Å². The second-order valence-electron chi connectivity index (χ2n) is 5.58. The Labute approximate surface area is 120 Å². The van der Waals surface area contributed by atoms with E-state index in [2.05, 4.69) is 19.2 Å². The topological polar surface area (TPSA) is 52.7 Å². The molecular formula is C12H25F2N3O2S. The summed E-state index contributed by atoms with van der Waals surface area (Å²) in [7, 11) is -2.54. The Hall–Kier alpha value is -0.310. The minimum absolute atomic E-state index is 0.403. The molecule has 0 saturated carbocycles. The summed E-state index contributed by atoms with van der Waals surface area (Å²) in [6.07, 6.45) is -1.12. The largest absolute Gasteiger partial charge is 0.314 e. The molecule has 1 fully saturated rings. The van der Waals surface area contributed by atoms with E-state index in [-0.39, 0.29) is 0 Å². The summed E-state index contributed by atoms with van der Waals surface area (Å²) in [6, 6.07) is 0.411. The third-order valence-corrected chi connectivity index (χ3v) is 5.46. The number of nitrogens with one attached hydrogen (secondary N) is 1. The van der Waals surface area contributed by atoms with Gasteiger partial charge in [0, 0.05) is 26.2 Å². The number of alkyl halides is 2. The third kappa shape index (κ3) is 5.23. The zero-order valence-corrected chi connectivity index (χ0v) is 13.2. The molecule has 0 aliphatic carbocycles. The van der Waals surface area contributed by atoms with Crippen LogP contribution in [0.2, 0.25) is 0 Å². The van der Waals surface area contributed by atoms with Crippen LogP contribution in [0.1, 0.15) is 26.7 Å². The van der Waals surface area contributed by atoms with Gasteiger partial charge in [-0.1, -0.05) is 13.8 Å². The Morgan fingerprint density at radius 1 is 1.30 bits per heavy atom. The van der Waals surface area contributed by atoms with Gasteiger partial charge in [0.1, 0.15) is 0 Å². The van der Waals surface area contributed by atoms with Gasteiger partial charge in [-0.15, -0.1) is 0 Å². The molecule has 0 aromatic heterocycles. The lowest BCUT2D eigenvalue weighted by Gasteiger charge is -2.34.